The second-order valence-corrected chi connectivity index (χ2v) is 4.73. The van der Waals surface area contributed by atoms with E-state index in [2.05, 4.69) is 6.58 Å². The molecule has 2 aromatic rings. The van der Waals surface area contributed by atoms with Gasteiger partial charge in [-0.05, 0) is 30.2 Å². The second-order valence-electron chi connectivity index (χ2n) is 4.73. The quantitative estimate of drug-likeness (QED) is 0.594. The first kappa shape index (κ1) is 14.8. The number of ether oxygens (including phenoxy) is 1. The predicted octanol–water partition coefficient (Wildman–Crippen LogP) is 4.50. The van der Waals surface area contributed by atoms with Crippen LogP contribution in [0.25, 0.3) is 6.08 Å². The molecule has 2 nitrogen and oxygen atoms in total. The minimum absolute atomic E-state index is 0.336. The van der Waals surface area contributed by atoms with E-state index in [1.807, 2.05) is 67.6 Å². The summed E-state index contributed by atoms with van der Waals surface area (Å²) in [5, 5.41) is 0. The predicted molar refractivity (Wildman–Crippen MR) is 85.9 cm³/mol. The van der Waals surface area contributed by atoms with Crippen molar-refractivity contribution in [3.63, 3.8) is 0 Å². The summed E-state index contributed by atoms with van der Waals surface area (Å²) in [6.45, 7) is 5.77. The molecule has 0 bridgehead atoms. The average Bonchev–Trinajstić information content (AvgIpc) is 2.54. The van der Waals surface area contributed by atoms with Crippen molar-refractivity contribution < 1.29 is 9.53 Å². The lowest BCUT2D eigenvalue weighted by atomic mass is 10.1. The molecule has 0 fully saturated rings. The van der Waals surface area contributed by atoms with Gasteiger partial charge in [0.15, 0.2) is 0 Å². The van der Waals surface area contributed by atoms with E-state index in [9.17, 15) is 4.79 Å². The van der Waals surface area contributed by atoms with Crippen LogP contribution in [0.4, 0.5) is 0 Å². The molecule has 2 rings (SSSR count). The van der Waals surface area contributed by atoms with Gasteiger partial charge in [-0.25, -0.2) is 4.79 Å². The van der Waals surface area contributed by atoms with Crippen molar-refractivity contribution in [2.24, 2.45) is 0 Å². The molecule has 0 saturated heterocycles. The van der Waals surface area contributed by atoms with Crippen LogP contribution in [0.2, 0.25) is 0 Å². The average molecular weight is 278 g/mol. The van der Waals surface area contributed by atoms with E-state index in [-0.39, 0.29) is 12.1 Å². The molecular formula is C19H18O2. The fourth-order valence-corrected chi connectivity index (χ4v) is 1.78. The Bertz CT molecular complexity index is 627. The number of carbonyl (C=O) groups excluding carboxylic acids is 1. The monoisotopic (exact) mass is 278 g/mol. The number of carbonyl (C=O) groups is 1. The topological polar surface area (TPSA) is 26.3 Å². The zero-order valence-electron chi connectivity index (χ0n) is 12.0. The summed E-state index contributed by atoms with van der Waals surface area (Å²) in [6.07, 6.45) is 3.46. The van der Waals surface area contributed by atoms with Crippen LogP contribution in [-0.4, -0.2) is 12.1 Å². The third-order valence-electron chi connectivity index (χ3n) is 3.10. The fraction of sp³-hybridized carbons (Fsp3) is 0.105. The number of esters is 1. The Morgan fingerprint density at radius 3 is 2.24 bits per heavy atom. The number of hydrogen-bond donors (Lipinski definition) is 0. The SMILES string of the molecule is C=C(/C=C/c1ccccc1)C(C)OC(=O)c1ccccc1. The Morgan fingerprint density at radius 1 is 1.05 bits per heavy atom. The van der Waals surface area contributed by atoms with Crippen LogP contribution in [0.5, 0.6) is 0 Å². The third kappa shape index (κ3) is 4.46. The van der Waals surface area contributed by atoms with Gasteiger partial charge in [-0.1, -0.05) is 67.3 Å². The molecule has 0 heterocycles. The Hall–Kier alpha value is -2.61. The van der Waals surface area contributed by atoms with E-state index in [0.29, 0.717) is 5.56 Å². The van der Waals surface area contributed by atoms with Crippen molar-refractivity contribution in [3.8, 4) is 0 Å². The molecule has 0 amide bonds. The van der Waals surface area contributed by atoms with Crippen LogP contribution in [0.3, 0.4) is 0 Å². The Labute approximate surface area is 125 Å². The lowest BCUT2D eigenvalue weighted by molar-refractivity contribution is 0.0412. The van der Waals surface area contributed by atoms with E-state index >= 15 is 0 Å². The fourth-order valence-electron chi connectivity index (χ4n) is 1.78. The summed E-state index contributed by atoms with van der Waals surface area (Å²) in [4.78, 5) is 11.9. The van der Waals surface area contributed by atoms with E-state index in [1.165, 1.54) is 0 Å². The van der Waals surface area contributed by atoms with Gasteiger partial charge in [0.2, 0.25) is 0 Å². The number of hydrogen-bond acceptors (Lipinski definition) is 2. The molecule has 0 spiro atoms. The zero-order valence-corrected chi connectivity index (χ0v) is 12.0. The number of benzene rings is 2. The van der Waals surface area contributed by atoms with Crippen molar-refractivity contribution in [2.75, 3.05) is 0 Å². The molecule has 0 aliphatic heterocycles. The molecule has 0 aliphatic carbocycles. The van der Waals surface area contributed by atoms with Crippen molar-refractivity contribution in [3.05, 3.63) is 90.0 Å². The van der Waals surface area contributed by atoms with E-state index < -0.39 is 0 Å². The molecule has 2 aromatic carbocycles. The van der Waals surface area contributed by atoms with E-state index in [0.717, 1.165) is 11.1 Å². The van der Waals surface area contributed by atoms with Crippen LogP contribution in [0.15, 0.2) is 78.9 Å². The first-order valence-electron chi connectivity index (χ1n) is 6.85. The molecule has 106 valence electrons. The van der Waals surface area contributed by atoms with Gasteiger partial charge in [-0.15, -0.1) is 0 Å². The van der Waals surface area contributed by atoms with Crippen molar-refractivity contribution in [1.29, 1.82) is 0 Å². The van der Waals surface area contributed by atoms with Crippen molar-refractivity contribution >= 4 is 12.0 Å². The maximum atomic E-state index is 11.9. The van der Waals surface area contributed by atoms with Gasteiger partial charge in [0.1, 0.15) is 6.10 Å². The largest absolute Gasteiger partial charge is 0.454 e. The zero-order chi connectivity index (χ0) is 15.1. The van der Waals surface area contributed by atoms with E-state index in [4.69, 9.17) is 4.74 Å². The molecule has 0 aliphatic rings. The van der Waals surface area contributed by atoms with Crippen LogP contribution >= 0.6 is 0 Å². The minimum Gasteiger partial charge on any atom is -0.454 e. The molecule has 2 heteroatoms. The Morgan fingerprint density at radius 2 is 1.62 bits per heavy atom. The Kier molecular flexibility index (Phi) is 5.10. The van der Waals surface area contributed by atoms with Crippen molar-refractivity contribution in [1.82, 2.24) is 0 Å². The maximum absolute atomic E-state index is 11.9. The van der Waals surface area contributed by atoms with Gasteiger partial charge >= 0.3 is 5.97 Å². The first-order chi connectivity index (χ1) is 10.2. The summed E-state index contributed by atoms with van der Waals surface area (Å²) in [7, 11) is 0. The molecule has 0 radical (unpaired) electrons. The van der Waals surface area contributed by atoms with E-state index in [1.54, 1.807) is 12.1 Å². The standard InChI is InChI=1S/C19H18O2/c1-15(13-14-17-9-5-3-6-10-17)16(2)21-19(20)18-11-7-4-8-12-18/h3-14,16H,1H2,2H3/b14-13+. The summed E-state index contributed by atoms with van der Waals surface area (Å²) in [5.41, 5.74) is 2.38. The highest BCUT2D eigenvalue weighted by Crippen LogP contribution is 2.12. The highest BCUT2D eigenvalue weighted by Gasteiger charge is 2.12. The second kappa shape index (κ2) is 7.25. The van der Waals surface area contributed by atoms with Gasteiger partial charge in [-0.3, -0.25) is 0 Å². The van der Waals surface area contributed by atoms with Gasteiger partial charge in [-0.2, -0.15) is 0 Å². The summed E-state index contributed by atoms with van der Waals surface area (Å²) >= 11 is 0. The lowest BCUT2D eigenvalue weighted by Crippen LogP contribution is -2.16. The molecule has 21 heavy (non-hydrogen) atoms. The van der Waals surface area contributed by atoms with Gasteiger partial charge in [0.25, 0.3) is 0 Å². The minimum atomic E-state index is -0.363. The van der Waals surface area contributed by atoms with Crippen LogP contribution in [0.1, 0.15) is 22.8 Å². The highest BCUT2D eigenvalue weighted by molar-refractivity contribution is 5.89. The summed E-state index contributed by atoms with van der Waals surface area (Å²) < 4.78 is 5.40. The van der Waals surface area contributed by atoms with Gasteiger partial charge in [0, 0.05) is 0 Å². The summed E-state index contributed by atoms with van der Waals surface area (Å²) in [6, 6.07) is 18.9. The highest BCUT2D eigenvalue weighted by atomic mass is 16.5. The molecule has 0 saturated carbocycles. The molecular weight excluding hydrogens is 260 g/mol. The van der Waals surface area contributed by atoms with Gasteiger partial charge < -0.3 is 4.74 Å². The normalized spacial score (nSPS) is 12.0. The van der Waals surface area contributed by atoms with Crippen LogP contribution in [-0.2, 0) is 4.74 Å². The first-order valence-corrected chi connectivity index (χ1v) is 6.85. The number of rotatable bonds is 5. The maximum Gasteiger partial charge on any atom is 0.338 e. The Balaban J connectivity index is 1.94. The van der Waals surface area contributed by atoms with Crippen LogP contribution < -0.4 is 0 Å². The van der Waals surface area contributed by atoms with Crippen LogP contribution in [0, 0.1) is 0 Å². The smallest absolute Gasteiger partial charge is 0.338 e. The molecule has 0 aromatic heterocycles. The molecule has 1 atom stereocenters. The summed E-state index contributed by atoms with van der Waals surface area (Å²) in [5.74, 6) is -0.336. The third-order valence-corrected chi connectivity index (χ3v) is 3.10. The van der Waals surface area contributed by atoms with Gasteiger partial charge in [0.05, 0.1) is 5.56 Å². The lowest BCUT2D eigenvalue weighted by Gasteiger charge is -2.13. The molecule has 0 N–H and O–H groups in total. The molecule has 1 unspecified atom stereocenters. The van der Waals surface area contributed by atoms with Crippen molar-refractivity contribution in [2.45, 2.75) is 13.0 Å².